The fourth-order valence-electron chi connectivity index (χ4n) is 2.31. The molecular weight excluding hydrogens is 308 g/mol. The third-order valence-electron chi connectivity index (χ3n) is 4.18. The van der Waals surface area contributed by atoms with Crippen LogP contribution in [-0.2, 0) is 11.8 Å². The van der Waals surface area contributed by atoms with Gasteiger partial charge in [-0.2, -0.15) is 5.10 Å². The molecule has 0 aliphatic rings. The summed E-state index contributed by atoms with van der Waals surface area (Å²) in [7, 11) is 1.79. The van der Waals surface area contributed by atoms with Crippen molar-refractivity contribution in [3.63, 3.8) is 0 Å². The predicted octanol–water partition coefficient (Wildman–Crippen LogP) is 2.54. The Morgan fingerprint density at radius 3 is 2.25 bits per heavy atom. The fraction of sp³-hybridized carbons (Fsp3) is 0.706. The summed E-state index contributed by atoms with van der Waals surface area (Å²) in [6.07, 6.45) is 2.44. The second-order valence-electron chi connectivity index (χ2n) is 7.06. The third kappa shape index (κ3) is 5.25. The highest BCUT2D eigenvalue weighted by atomic mass is 16.6. The summed E-state index contributed by atoms with van der Waals surface area (Å²) in [4.78, 5) is 24.5. The van der Waals surface area contributed by atoms with E-state index < -0.39 is 17.2 Å². The van der Waals surface area contributed by atoms with Crippen molar-refractivity contribution >= 4 is 12.0 Å². The first-order valence-corrected chi connectivity index (χ1v) is 8.31. The van der Waals surface area contributed by atoms with Crippen LogP contribution in [0.2, 0.25) is 0 Å². The molecule has 0 spiro atoms. The normalized spacial score (nSPS) is 12.0. The van der Waals surface area contributed by atoms with E-state index in [0.29, 0.717) is 24.9 Å². The second kappa shape index (κ2) is 7.68. The predicted molar refractivity (Wildman–Crippen MR) is 93.0 cm³/mol. The molecular formula is C17H30N4O3. The lowest BCUT2D eigenvalue weighted by Gasteiger charge is -2.33. The number of aromatic nitrogens is 2. The number of alkyl carbamates (subject to hydrolysis) is 1. The van der Waals surface area contributed by atoms with E-state index in [0.717, 1.165) is 5.69 Å². The van der Waals surface area contributed by atoms with E-state index in [2.05, 4.69) is 15.7 Å². The van der Waals surface area contributed by atoms with E-state index in [1.165, 1.54) is 0 Å². The molecule has 0 fully saturated rings. The molecule has 2 amide bonds. The van der Waals surface area contributed by atoms with E-state index in [1.54, 1.807) is 17.9 Å². The number of carbonyl (C=O) groups excluding carboxylic acids is 2. The molecule has 24 heavy (non-hydrogen) atoms. The number of nitrogens with one attached hydrogen (secondary N) is 2. The largest absolute Gasteiger partial charge is 0.444 e. The van der Waals surface area contributed by atoms with Crippen LogP contribution < -0.4 is 10.6 Å². The van der Waals surface area contributed by atoms with Crippen molar-refractivity contribution in [2.45, 2.75) is 65.5 Å². The van der Waals surface area contributed by atoms with Crippen LogP contribution in [0, 0.1) is 6.92 Å². The van der Waals surface area contributed by atoms with Gasteiger partial charge in [0.1, 0.15) is 5.60 Å². The third-order valence-corrected chi connectivity index (χ3v) is 4.18. The van der Waals surface area contributed by atoms with Gasteiger partial charge in [-0.25, -0.2) is 4.79 Å². The lowest BCUT2D eigenvalue weighted by atomic mass is 9.92. The van der Waals surface area contributed by atoms with Crippen molar-refractivity contribution in [2.24, 2.45) is 7.05 Å². The summed E-state index contributed by atoms with van der Waals surface area (Å²) < 4.78 is 6.92. The maximum Gasteiger partial charge on any atom is 0.407 e. The zero-order valence-corrected chi connectivity index (χ0v) is 15.8. The van der Waals surface area contributed by atoms with Crippen LogP contribution in [0.4, 0.5) is 4.79 Å². The number of rotatable bonds is 6. The topological polar surface area (TPSA) is 85.2 Å². The van der Waals surface area contributed by atoms with Gasteiger partial charge in [-0.15, -0.1) is 0 Å². The van der Waals surface area contributed by atoms with E-state index in [9.17, 15) is 9.59 Å². The standard InChI is InChI=1S/C17H30N4O3/c1-8-17(9-2,11-18-15(23)24-16(4,5)6)20-14(22)13-10-19-21(7)12(13)3/h10H,8-9,11H2,1-7H3,(H,18,23)(H,20,22). The Hall–Kier alpha value is -2.05. The SMILES string of the molecule is CCC(CC)(CNC(=O)OC(C)(C)C)NC(=O)c1cnn(C)c1C. The van der Waals surface area contributed by atoms with Crippen molar-refractivity contribution in [3.05, 3.63) is 17.5 Å². The van der Waals surface area contributed by atoms with Gasteiger partial charge >= 0.3 is 6.09 Å². The molecule has 1 aromatic heterocycles. The molecule has 136 valence electrons. The minimum Gasteiger partial charge on any atom is -0.444 e. The van der Waals surface area contributed by atoms with E-state index in [4.69, 9.17) is 4.74 Å². The average Bonchev–Trinajstić information content (AvgIpc) is 2.82. The molecule has 1 aromatic rings. The number of ether oxygens (including phenoxy) is 1. The van der Waals surface area contributed by atoms with E-state index in [-0.39, 0.29) is 5.91 Å². The van der Waals surface area contributed by atoms with Crippen LogP contribution >= 0.6 is 0 Å². The Balaban J connectivity index is 2.79. The van der Waals surface area contributed by atoms with E-state index >= 15 is 0 Å². The Morgan fingerprint density at radius 2 is 1.83 bits per heavy atom. The molecule has 7 heteroatoms. The highest BCUT2D eigenvalue weighted by Gasteiger charge is 2.31. The molecule has 0 aromatic carbocycles. The molecule has 1 heterocycles. The average molecular weight is 338 g/mol. The highest BCUT2D eigenvalue weighted by molar-refractivity contribution is 5.95. The summed E-state index contributed by atoms with van der Waals surface area (Å²) in [6.45, 7) is 11.6. The molecule has 0 aliphatic carbocycles. The number of hydrogen-bond donors (Lipinski definition) is 2. The van der Waals surface area contributed by atoms with Gasteiger partial charge in [0.15, 0.2) is 0 Å². The zero-order chi connectivity index (χ0) is 18.5. The van der Waals surface area contributed by atoms with Gasteiger partial charge in [-0.3, -0.25) is 9.48 Å². The zero-order valence-electron chi connectivity index (χ0n) is 15.8. The number of hydrogen-bond acceptors (Lipinski definition) is 4. The Bertz CT molecular complexity index is 583. The van der Waals surface area contributed by atoms with Crippen molar-refractivity contribution in [3.8, 4) is 0 Å². The highest BCUT2D eigenvalue weighted by Crippen LogP contribution is 2.17. The first-order valence-electron chi connectivity index (χ1n) is 8.31. The molecule has 0 saturated carbocycles. The Labute approximate surface area is 144 Å². The quantitative estimate of drug-likeness (QED) is 0.835. The molecule has 0 saturated heterocycles. The van der Waals surface area contributed by atoms with Gasteiger partial charge in [-0.05, 0) is 40.5 Å². The van der Waals surface area contributed by atoms with Crippen LogP contribution in [0.15, 0.2) is 6.20 Å². The lowest BCUT2D eigenvalue weighted by molar-refractivity contribution is 0.0501. The maximum atomic E-state index is 12.6. The van der Waals surface area contributed by atoms with Crippen molar-refractivity contribution < 1.29 is 14.3 Å². The first kappa shape index (κ1) is 20.0. The van der Waals surface area contributed by atoms with Gasteiger partial charge in [0.25, 0.3) is 5.91 Å². The molecule has 0 unspecified atom stereocenters. The summed E-state index contributed by atoms with van der Waals surface area (Å²) in [6, 6.07) is 0. The van der Waals surface area contributed by atoms with Gasteiger partial charge in [0.05, 0.1) is 17.3 Å². The number of nitrogens with zero attached hydrogens (tertiary/aromatic N) is 2. The molecule has 7 nitrogen and oxygen atoms in total. The van der Waals surface area contributed by atoms with Gasteiger partial charge in [0, 0.05) is 19.3 Å². The van der Waals surface area contributed by atoms with Crippen LogP contribution in [0.5, 0.6) is 0 Å². The van der Waals surface area contributed by atoms with Gasteiger partial charge in [-0.1, -0.05) is 13.8 Å². The van der Waals surface area contributed by atoms with Crippen molar-refractivity contribution in [2.75, 3.05) is 6.54 Å². The summed E-state index contributed by atoms with van der Waals surface area (Å²) in [5.41, 5.74) is 0.257. The summed E-state index contributed by atoms with van der Waals surface area (Å²) in [5.74, 6) is -0.185. The summed E-state index contributed by atoms with van der Waals surface area (Å²) in [5, 5.41) is 9.92. The van der Waals surface area contributed by atoms with Crippen LogP contribution in [0.3, 0.4) is 0 Å². The van der Waals surface area contributed by atoms with Crippen molar-refractivity contribution in [1.82, 2.24) is 20.4 Å². The van der Waals surface area contributed by atoms with Crippen LogP contribution in [0.25, 0.3) is 0 Å². The van der Waals surface area contributed by atoms with Crippen LogP contribution in [-0.4, -0.2) is 39.5 Å². The van der Waals surface area contributed by atoms with Crippen LogP contribution in [0.1, 0.15) is 63.5 Å². The molecule has 2 N–H and O–H groups in total. The van der Waals surface area contributed by atoms with Gasteiger partial charge in [0.2, 0.25) is 0 Å². The lowest BCUT2D eigenvalue weighted by Crippen LogP contribution is -2.55. The number of amides is 2. The molecule has 0 aliphatic heterocycles. The van der Waals surface area contributed by atoms with Gasteiger partial charge < -0.3 is 15.4 Å². The summed E-state index contributed by atoms with van der Waals surface area (Å²) >= 11 is 0. The monoisotopic (exact) mass is 338 g/mol. The number of aryl methyl sites for hydroxylation is 1. The van der Waals surface area contributed by atoms with Crippen molar-refractivity contribution in [1.29, 1.82) is 0 Å². The van der Waals surface area contributed by atoms with E-state index in [1.807, 2.05) is 41.5 Å². The number of carbonyl (C=O) groups is 2. The molecule has 0 atom stereocenters. The minimum atomic E-state index is -0.554. The molecule has 1 rings (SSSR count). The maximum absolute atomic E-state index is 12.6. The Kier molecular flexibility index (Phi) is 6.40. The smallest absolute Gasteiger partial charge is 0.407 e. The molecule has 0 bridgehead atoms. The molecule has 0 radical (unpaired) electrons. The Morgan fingerprint density at radius 1 is 1.25 bits per heavy atom. The first-order chi connectivity index (χ1) is 11.0. The second-order valence-corrected chi connectivity index (χ2v) is 7.06. The minimum absolute atomic E-state index is 0.185. The fourth-order valence-corrected chi connectivity index (χ4v) is 2.31.